The normalized spacial score (nSPS) is 18.9. The first kappa shape index (κ1) is 16.0. The molecule has 4 nitrogen and oxygen atoms in total. The zero-order valence-electron chi connectivity index (χ0n) is 14.2. The fourth-order valence-electron chi connectivity index (χ4n) is 2.42. The number of anilines is 1. The second kappa shape index (κ2) is 5.98. The molecule has 1 N–H and O–H groups in total. The summed E-state index contributed by atoms with van der Waals surface area (Å²) in [5.41, 5.74) is 1.50. The van der Waals surface area contributed by atoms with Crippen LogP contribution in [0.25, 0.3) is 0 Å². The first-order chi connectivity index (χ1) is 10.9. The van der Waals surface area contributed by atoms with Gasteiger partial charge in [-0.15, -0.1) is 0 Å². The first-order valence-corrected chi connectivity index (χ1v) is 7.97. The molecule has 0 amide bonds. The third kappa shape index (κ3) is 3.41. The van der Waals surface area contributed by atoms with Crippen molar-refractivity contribution in [3.8, 4) is 0 Å². The van der Waals surface area contributed by atoms with Crippen LogP contribution < -0.4 is 10.8 Å². The minimum atomic E-state index is -0.365. The second-order valence-corrected chi connectivity index (χ2v) is 6.90. The van der Waals surface area contributed by atoms with Gasteiger partial charge in [0.05, 0.1) is 11.2 Å². The Morgan fingerprint density at radius 1 is 0.957 bits per heavy atom. The Bertz CT molecular complexity index is 640. The highest BCUT2D eigenvalue weighted by atomic mass is 16.7. The standard InChI is InChI=1S/C18H23BN2O2/c1-17(2)18(3,4)23-19(22-17)15-10-11-16(21-13-15)20-12-14-8-6-5-7-9-14/h5-11,13H,12H2,1-4H3,(H,20,21). The van der Waals surface area contributed by atoms with Crippen molar-refractivity contribution in [2.75, 3.05) is 5.32 Å². The molecule has 2 aromatic rings. The number of benzene rings is 1. The summed E-state index contributed by atoms with van der Waals surface area (Å²) in [6, 6.07) is 14.2. The maximum atomic E-state index is 6.04. The number of hydrogen-bond donors (Lipinski definition) is 1. The summed E-state index contributed by atoms with van der Waals surface area (Å²) in [6.45, 7) is 8.96. The van der Waals surface area contributed by atoms with Crippen LogP contribution in [0.1, 0.15) is 33.3 Å². The van der Waals surface area contributed by atoms with Crippen molar-refractivity contribution in [1.82, 2.24) is 4.98 Å². The van der Waals surface area contributed by atoms with E-state index < -0.39 is 0 Å². The average molecular weight is 310 g/mol. The van der Waals surface area contributed by atoms with E-state index in [1.54, 1.807) is 0 Å². The van der Waals surface area contributed by atoms with Gasteiger partial charge in [-0.1, -0.05) is 36.4 Å². The van der Waals surface area contributed by atoms with Crippen LogP contribution in [-0.2, 0) is 15.9 Å². The maximum Gasteiger partial charge on any atom is 0.496 e. The third-order valence-corrected chi connectivity index (χ3v) is 4.63. The molecule has 1 aliphatic rings. The van der Waals surface area contributed by atoms with Crippen molar-refractivity contribution >= 4 is 18.4 Å². The summed E-state index contributed by atoms with van der Waals surface area (Å²) in [5.74, 6) is 0.842. The van der Waals surface area contributed by atoms with Crippen molar-refractivity contribution < 1.29 is 9.31 Å². The van der Waals surface area contributed by atoms with E-state index in [1.807, 2.05) is 36.5 Å². The van der Waals surface area contributed by atoms with Crippen LogP contribution in [-0.4, -0.2) is 23.3 Å². The smallest absolute Gasteiger partial charge is 0.399 e. The Balaban J connectivity index is 1.64. The van der Waals surface area contributed by atoms with E-state index in [0.29, 0.717) is 0 Å². The van der Waals surface area contributed by atoms with Gasteiger partial charge in [0.2, 0.25) is 0 Å². The molecular formula is C18H23BN2O2. The molecule has 0 unspecified atom stereocenters. The molecule has 120 valence electrons. The third-order valence-electron chi connectivity index (χ3n) is 4.63. The van der Waals surface area contributed by atoms with Crippen LogP contribution in [0, 0.1) is 0 Å². The summed E-state index contributed by atoms with van der Waals surface area (Å²) in [4.78, 5) is 4.46. The van der Waals surface area contributed by atoms with Crippen LogP contribution in [0.4, 0.5) is 5.82 Å². The van der Waals surface area contributed by atoms with E-state index in [2.05, 4.69) is 50.1 Å². The molecule has 1 aliphatic heterocycles. The van der Waals surface area contributed by atoms with Crippen molar-refractivity contribution in [3.05, 3.63) is 54.2 Å². The minimum absolute atomic E-state index is 0.331. The van der Waals surface area contributed by atoms with E-state index in [0.717, 1.165) is 17.8 Å². The summed E-state index contributed by atoms with van der Waals surface area (Å²) in [5, 5.41) is 3.32. The van der Waals surface area contributed by atoms with Gasteiger partial charge < -0.3 is 14.6 Å². The van der Waals surface area contributed by atoms with Crippen molar-refractivity contribution in [2.24, 2.45) is 0 Å². The number of hydrogen-bond acceptors (Lipinski definition) is 4. The summed E-state index contributed by atoms with van der Waals surface area (Å²) < 4.78 is 12.1. The van der Waals surface area contributed by atoms with E-state index >= 15 is 0 Å². The second-order valence-electron chi connectivity index (χ2n) is 6.90. The fourth-order valence-corrected chi connectivity index (χ4v) is 2.42. The van der Waals surface area contributed by atoms with Gasteiger partial charge >= 0.3 is 7.12 Å². The average Bonchev–Trinajstić information content (AvgIpc) is 2.75. The van der Waals surface area contributed by atoms with Gasteiger partial charge in [0.1, 0.15) is 5.82 Å². The molecule has 1 fully saturated rings. The molecule has 1 aromatic carbocycles. The summed E-state index contributed by atoms with van der Waals surface area (Å²) in [6.07, 6.45) is 1.81. The highest BCUT2D eigenvalue weighted by Crippen LogP contribution is 2.36. The lowest BCUT2D eigenvalue weighted by Crippen LogP contribution is -2.41. The van der Waals surface area contributed by atoms with Crippen molar-refractivity contribution in [2.45, 2.75) is 45.4 Å². The topological polar surface area (TPSA) is 43.4 Å². The lowest BCUT2D eigenvalue weighted by molar-refractivity contribution is 0.00578. The first-order valence-electron chi connectivity index (χ1n) is 7.97. The number of pyridine rings is 1. The fraction of sp³-hybridized carbons (Fsp3) is 0.389. The quantitative estimate of drug-likeness (QED) is 0.882. The molecule has 23 heavy (non-hydrogen) atoms. The van der Waals surface area contributed by atoms with Crippen molar-refractivity contribution in [1.29, 1.82) is 0 Å². The monoisotopic (exact) mass is 310 g/mol. The molecule has 1 aromatic heterocycles. The van der Waals surface area contributed by atoms with Gasteiger partial charge in [-0.05, 0) is 39.3 Å². The van der Waals surface area contributed by atoms with E-state index in [-0.39, 0.29) is 18.3 Å². The zero-order valence-corrected chi connectivity index (χ0v) is 14.2. The van der Waals surface area contributed by atoms with Crippen LogP contribution in [0.5, 0.6) is 0 Å². The summed E-state index contributed by atoms with van der Waals surface area (Å²) >= 11 is 0. The Morgan fingerprint density at radius 2 is 1.61 bits per heavy atom. The Morgan fingerprint density at radius 3 is 2.17 bits per heavy atom. The van der Waals surface area contributed by atoms with Crippen LogP contribution in [0.2, 0.25) is 0 Å². The molecule has 1 saturated heterocycles. The Hall–Kier alpha value is -1.85. The molecule has 0 saturated carbocycles. The highest BCUT2D eigenvalue weighted by molar-refractivity contribution is 6.62. The van der Waals surface area contributed by atoms with Crippen LogP contribution >= 0.6 is 0 Å². The predicted molar refractivity (Wildman–Crippen MR) is 93.7 cm³/mol. The molecule has 3 rings (SSSR count). The van der Waals surface area contributed by atoms with Crippen molar-refractivity contribution in [3.63, 3.8) is 0 Å². The lowest BCUT2D eigenvalue weighted by Gasteiger charge is -2.32. The van der Waals surface area contributed by atoms with Gasteiger partial charge in [-0.2, -0.15) is 0 Å². The SMILES string of the molecule is CC1(C)OB(c2ccc(NCc3ccccc3)nc2)OC1(C)C. The number of rotatable bonds is 4. The Kier molecular flexibility index (Phi) is 4.17. The highest BCUT2D eigenvalue weighted by Gasteiger charge is 2.51. The largest absolute Gasteiger partial charge is 0.496 e. The van der Waals surface area contributed by atoms with Gasteiger partial charge in [0, 0.05) is 18.2 Å². The molecule has 0 spiro atoms. The summed E-state index contributed by atoms with van der Waals surface area (Å²) in [7, 11) is -0.365. The van der Waals surface area contributed by atoms with Gasteiger partial charge in [-0.25, -0.2) is 4.98 Å². The van der Waals surface area contributed by atoms with E-state index in [4.69, 9.17) is 9.31 Å². The molecule has 0 aliphatic carbocycles. The minimum Gasteiger partial charge on any atom is -0.399 e. The molecule has 5 heteroatoms. The molecule has 0 atom stereocenters. The number of nitrogens with zero attached hydrogens (tertiary/aromatic N) is 1. The van der Waals surface area contributed by atoms with Crippen LogP contribution in [0.15, 0.2) is 48.7 Å². The molecule has 0 bridgehead atoms. The predicted octanol–water partition coefficient (Wildman–Crippen LogP) is 2.99. The zero-order chi connectivity index (χ0) is 16.5. The van der Waals surface area contributed by atoms with E-state index in [1.165, 1.54) is 5.56 Å². The number of nitrogens with one attached hydrogen (secondary N) is 1. The molecule has 0 radical (unpaired) electrons. The van der Waals surface area contributed by atoms with Gasteiger partial charge in [0.25, 0.3) is 0 Å². The Labute approximate surface area is 138 Å². The van der Waals surface area contributed by atoms with Crippen LogP contribution in [0.3, 0.4) is 0 Å². The van der Waals surface area contributed by atoms with Gasteiger partial charge in [0.15, 0.2) is 0 Å². The van der Waals surface area contributed by atoms with Gasteiger partial charge in [-0.3, -0.25) is 0 Å². The van der Waals surface area contributed by atoms with E-state index in [9.17, 15) is 0 Å². The lowest BCUT2D eigenvalue weighted by atomic mass is 9.80. The molecule has 2 heterocycles. The maximum absolute atomic E-state index is 6.04. The number of aromatic nitrogens is 1. The molecular weight excluding hydrogens is 287 g/mol.